The predicted octanol–water partition coefficient (Wildman–Crippen LogP) is 6.08. The van der Waals surface area contributed by atoms with Crippen LogP contribution >= 0.6 is 0 Å². The third-order valence-corrected chi connectivity index (χ3v) is 6.12. The molecule has 166 valence electrons. The van der Waals surface area contributed by atoms with Gasteiger partial charge in [-0.15, -0.1) is 0 Å². The lowest BCUT2D eigenvalue weighted by Gasteiger charge is -2.09. The maximum Gasteiger partial charge on any atom is 0.415 e. The number of nitrogens with one attached hydrogen (secondary N) is 1. The maximum atomic E-state index is 12.0. The maximum absolute atomic E-state index is 12.0. The molecule has 2 saturated heterocycles. The number of hydrogen-bond donors (Lipinski definition) is 1. The Morgan fingerprint density at radius 3 is 2.10 bits per heavy atom. The second-order valence-corrected chi connectivity index (χ2v) is 8.65. The first kappa shape index (κ1) is 23.8. The van der Waals surface area contributed by atoms with Crippen LogP contribution < -0.4 is 5.32 Å². The topological polar surface area (TPSA) is 58.6 Å². The van der Waals surface area contributed by atoms with Gasteiger partial charge in [0.05, 0.1) is 6.04 Å². The molecule has 0 aliphatic carbocycles. The highest BCUT2D eigenvalue weighted by Crippen LogP contribution is 2.31. The van der Waals surface area contributed by atoms with E-state index in [-0.39, 0.29) is 18.0 Å². The second kappa shape index (κ2) is 14.5. The first-order chi connectivity index (χ1) is 14.2. The summed E-state index contributed by atoms with van der Waals surface area (Å²) in [4.78, 5) is 25.4. The zero-order valence-electron chi connectivity index (χ0n) is 18.6. The van der Waals surface area contributed by atoms with Crippen LogP contribution in [0.2, 0.25) is 0 Å². The van der Waals surface area contributed by atoms with E-state index in [1.54, 1.807) is 4.90 Å². The average molecular weight is 407 g/mol. The molecule has 0 bridgehead atoms. The Bertz CT molecular complexity index is 518. The van der Waals surface area contributed by atoms with Crippen molar-refractivity contribution in [3.8, 4) is 0 Å². The molecule has 2 aliphatic rings. The van der Waals surface area contributed by atoms with Gasteiger partial charge in [0.15, 0.2) is 0 Å². The van der Waals surface area contributed by atoms with E-state index in [1.807, 2.05) is 0 Å². The molecule has 0 unspecified atom stereocenters. The van der Waals surface area contributed by atoms with Gasteiger partial charge in [-0.1, -0.05) is 90.4 Å². The Balaban J connectivity index is 1.37. The number of amides is 2. The number of ether oxygens (including phenoxy) is 1. The van der Waals surface area contributed by atoms with E-state index in [1.165, 1.54) is 89.5 Å². The minimum Gasteiger partial charge on any atom is -0.412 e. The van der Waals surface area contributed by atoms with E-state index in [2.05, 4.69) is 12.2 Å². The Hall–Kier alpha value is -1.52. The van der Waals surface area contributed by atoms with Crippen molar-refractivity contribution in [3.05, 3.63) is 11.8 Å². The van der Waals surface area contributed by atoms with Crippen molar-refractivity contribution in [1.29, 1.82) is 0 Å². The summed E-state index contributed by atoms with van der Waals surface area (Å²) in [7, 11) is 0. The molecule has 0 spiro atoms. The van der Waals surface area contributed by atoms with Gasteiger partial charge in [-0.25, -0.2) is 4.79 Å². The zero-order valence-corrected chi connectivity index (χ0v) is 18.6. The van der Waals surface area contributed by atoms with E-state index in [0.29, 0.717) is 12.3 Å². The van der Waals surface area contributed by atoms with Crippen LogP contribution in [0.4, 0.5) is 4.79 Å². The van der Waals surface area contributed by atoms with Gasteiger partial charge in [0, 0.05) is 19.2 Å². The van der Waals surface area contributed by atoms with Gasteiger partial charge in [0.1, 0.15) is 5.76 Å². The van der Waals surface area contributed by atoms with Gasteiger partial charge < -0.3 is 10.1 Å². The molecule has 0 aromatic heterocycles. The van der Waals surface area contributed by atoms with Crippen molar-refractivity contribution in [2.24, 2.45) is 0 Å². The molecule has 0 radical (unpaired) electrons. The first-order valence-electron chi connectivity index (χ1n) is 12.2. The lowest BCUT2D eigenvalue weighted by molar-refractivity contribution is -0.116. The molecule has 2 rings (SSSR count). The molecule has 2 fully saturated rings. The summed E-state index contributed by atoms with van der Waals surface area (Å²) < 4.78 is 5.21. The molecule has 0 saturated carbocycles. The van der Waals surface area contributed by atoms with Crippen LogP contribution in [0.25, 0.3) is 0 Å². The largest absolute Gasteiger partial charge is 0.415 e. The number of hydrogen-bond acceptors (Lipinski definition) is 3. The molecule has 1 N–H and O–H groups in total. The van der Waals surface area contributed by atoms with Crippen molar-refractivity contribution in [1.82, 2.24) is 10.2 Å². The molecule has 5 nitrogen and oxygen atoms in total. The Morgan fingerprint density at radius 2 is 1.52 bits per heavy atom. The van der Waals surface area contributed by atoms with Gasteiger partial charge in [0.2, 0.25) is 5.91 Å². The monoisotopic (exact) mass is 406 g/mol. The molecule has 0 aromatic carbocycles. The minimum absolute atomic E-state index is 0.0192. The van der Waals surface area contributed by atoms with Crippen molar-refractivity contribution in [3.63, 3.8) is 0 Å². The van der Waals surface area contributed by atoms with Crippen LogP contribution in [0.5, 0.6) is 0 Å². The molecule has 2 heterocycles. The SMILES string of the molecule is CCCCCCCCCCCCCCCCNC(=O)/C=C1/OC(=O)N2CCC[C@H]12. The number of carbonyl (C=O) groups excluding carboxylic acids is 2. The molecule has 5 heteroatoms. The highest BCUT2D eigenvalue weighted by molar-refractivity contribution is 5.89. The van der Waals surface area contributed by atoms with Gasteiger partial charge >= 0.3 is 6.09 Å². The molecular weight excluding hydrogens is 364 g/mol. The average Bonchev–Trinajstić information content (AvgIpc) is 3.30. The van der Waals surface area contributed by atoms with Crippen LogP contribution in [0.1, 0.15) is 110 Å². The van der Waals surface area contributed by atoms with Crippen LogP contribution in [0.15, 0.2) is 11.8 Å². The third kappa shape index (κ3) is 9.22. The number of nitrogens with zero attached hydrogens (tertiary/aromatic N) is 1. The van der Waals surface area contributed by atoms with E-state index >= 15 is 0 Å². The van der Waals surface area contributed by atoms with Crippen LogP contribution in [-0.2, 0) is 9.53 Å². The third-order valence-electron chi connectivity index (χ3n) is 6.12. The standard InChI is InChI=1S/C24H42N2O3/c1-2-3-4-5-6-7-8-9-10-11-12-13-14-15-18-25-23(27)20-22-21-17-16-19-26(21)24(28)29-22/h20-21H,2-19H2,1H3,(H,25,27)/b22-20+/t21-/m1/s1. The predicted molar refractivity (Wildman–Crippen MR) is 118 cm³/mol. The Morgan fingerprint density at radius 1 is 0.966 bits per heavy atom. The minimum atomic E-state index is -0.307. The lowest BCUT2D eigenvalue weighted by Crippen LogP contribution is -2.27. The van der Waals surface area contributed by atoms with E-state index in [0.717, 1.165) is 25.8 Å². The quantitative estimate of drug-likeness (QED) is 0.249. The zero-order chi connectivity index (χ0) is 20.7. The fourth-order valence-electron chi connectivity index (χ4n) is 4.35. The smallest absolute Gasteiger partial charge is 0.412 e. The van der Waals surface area contributed by atoms with Gasteiger partial charge in [-0.05, 0) is 19.3 Å². The summed E-state index contributed by atoms with van der Waals surface area (Å²) in [5, 5.41) is 2.92. The van der Waals surface area contributed by atoms with Crippen LogP contribution in [-0.4, -0.2) is 36.0 Å². The molecular formula is C24H42N2O3. The van der Waals surface area contributed by atoms with Crippen molar-refractivity contribution >= 4 is 12.0 Å². The summed E-state index contributed by atoms with van der Waals surface area (Å²) in [5.41, 5.74) is 0. The number of rotatable bonds is 16. The summed E-state index contributed by atoms with van der Waals surface area (Å²) in [6.45, 7) is 3.71. The van der Waals surface area contributed by atoms with Gasteiger partial charge in [-0.3, -0.25) is 9.69 Å². The number of fused-ring (bicyclic) bond motifs is 1. The second-order valence-electron chi connectivity index (χ2n) is 8.65. The fourth-order valence-corrected chi connectivity index (χ4v) is 4.35. The van der Waals surface area contributed by atoms with E-state index in [9.17, 15) is 9.59 Å². The molecule has 0 aromatic rings. The Labute approximate surface area is 177 Å². The fraction of sp³-hybridized carbons (Fsp3) is 0.833. The normalized spacial score (nSPS) is 19.6. The molecule has 2 amide bonds. The van der Waals surface area contributed by atoms with E-state index in [4.69, 9.17) is 4.74 Å². The van der Waals surface area contributed by atoms with Crippen molar-refractivity contribution < 1.29 is 14.3 Å². The van der Waals surface area contributed by atoms with E-state index < -0.39 is 0 Å². The van der Waals surface area contributed by atoms with Crippen LogP contribution in [0.3, 0.4) is 0 Å². The number of unbranched alkanes of at least 4 members (excludes halogenated alkanes) is 13. The number of cyclic esters (lactones) is 1. The Kier molecular flexibility index (Phi) is 11.8. The first-order valence-corrected chi connectivity index (χ1v) is 12.2. The van der Waals surface area contributed by atoms with Gasteiger partial charge in [-0.2, -0.15) is 0 Å². The summed E-state index contributed by atoms with van der Waals surface area (Å²) in [6, 6.07) is -0.0192. The number of carbonyl (C=O) groups is 2. The van der Waals surface area contributed by atoms with Crippen molar-refractivity contribution in [2.45, 2.75) is 116 Å². The molecule has 2 aliphatic heterocycles. The lowest BCUT2D eigenvalue weighted by atomic mass is 10.0. The highest BCUT2D eigenvalue weighted by atomic mass is 16.6. The van der Waals surface area contributed by atoms with Gasteiger partial charge in [0.25, 0.3) is 0 Å². The van der Waals surface area contributed by atoms with Crippen LogP contribution in [0, 0.1) is 0 Å². The summed E-state index contributed by atoms with van der Waals surface area (Å²) in [6.07, 6.45) is 21.7. The summed E-state index contributed by atoms with van der Waals surface area (Å²) >= 11 is 0. The highest BCUT2D eigenvalue weighted by Gasteiger charge is 2.41. The molecule has 29 heavy (non-hydrogen) atoms. The molecule has 1 atom stereocenters. The summed E-state index contributed by atoms with van der Waals surface area (Å²) in [5.74, 6) is 0.377. The van der Waals surface area contributed by atoms with Crippen molar-refractivity contribution in [2.75, 3.05) is 13.1 Å².